The van der Waals surface area contributed by atoms with Crippen molar-refractivity contribution in [3.8, 4) is 0 Å². The number of guanidine groups is 1. The molecule has 0 amide bonds. The van der Waals surface area contributed by atoms with Crippen LogP contribution in [0.1, 0.15) is 39.5 Å². The third-order valence-electron chi connectivity index (χ3n) is 3.70. The third-order valence-corrected chi connectivity index (χ3v) is 3.70. The molecule has 0 aromatic carbocycles. The average molecular weight is 225 g/mol. The lowest BCUT2D eigenvalue weighted by Crippen LogP contribution is -2.44. The second-order valence-corrected chi connectivity index (χ2v) is 5.15. The number of hydrogen-bond donors (Lipinski definition) is 2. The van der Waals surface area contributed by atoms with Crippen molar-refractivity contribution in [3.05, 3.63) is 0 Å². The highest BCUT2D eigenvalue weighted by Crippen LogP contribution is 2.26. The largest absolute Gasteiger partial charge is 0.375 e. The Morgan fingerprint density at radius 1 is 1.44 bits per heavy atom. The van der Waals surface area contributed by atoms with E-state index in [4.69, 9.17) is 10.5 Å². The number of nitrogens with two attached hydrogens (primary N) is 1. The molecule has 0 aromatic rings. The summed E-state index contributed by atoms with van der Waals surface area (Å²) in [6, 6.07) is 0.569. The predicted octanol–water partition coefficient (Wildman–Crippen LogP) is 1.26. The smallest absolute Gasteiger partial charge is 0.188 e. The Kier molecular flexibility index (Phi) is 3.69. The molecule has 4 heteroatoms. The summed E-state index contributed by atoms with van der Waals surface area (Å²) in [4.78, 5) is 4.42. The van der Waals surface area contributed by atoms with Crippen LogP contribution in [-0.4, -0.2) is 30.8 Å². The molecule has 0 spiro atoms. The van der Waals surface area contributed by atoms with Crippen molar-refractivity contribution in [2.45, 2.75) is 57.8 Å². The van der Waals surface area contributed by atoms with Crippen LogP contribution in [0.4, 0.5) is 0 Å². The van der Waals surface area contributed by atoms with Gasteiger partial charge in [-0.05, 0) is 39.5 Å². The Bertz CT molecular complexity index is 263. The van der Waals surface area contributed by atoms with Crippen LogP contribution in [-0.2, 0) is 4.74 Å². The van der Waals surface area contributed by atoms with Gasteiger partial charge in [-0.25, -0.2) is 0 Å². The Labute approximate surface area is 97.6 Å². The first-order valence-corrected chi connectivity index (χ1v) is 6.37. The van der Waals surface area contributed by atoms with Gasteiger partial charge in [-0.2, -0.15) is 0 Å². The Morgan fingerprint density at radius 3 is 2.69 bits per heavy atom. The first-order valence-electron chi connectivity index (χ1n) is 6.37. The molecule has 0 aromatic heterocycles. The molecule has 1 saturated heterocycles. The minimum absolute atomic E-state index is 0.315. The Hall–Kier alpha value is -0.770. The fourth-order valence-corrected chi connectivity index (χ4v) is 2.40. The fraction of sp³-hybridized carbons (Fsp3) is 0.917. The molecule has 3 unspecified atom stereocenters. The molecule has 4 nitrogen and oxygen atoms in total. The van der Waals surface area contributed by atoms with Gasteiger partial charge >= 0.3 is 0 Å². The summed E-state index contributed by atoms with van der Waals surface area (Å²) in [6.45, 7) is 5.03. The molecular formula is C12H23N3O. The van der Waals surface area contributed by atoms with Crippen molar-refractivity contribution >= 4 is 5.96 Å². The quantitative estimate of drug-likeness (QED) is 0.561. The zero-order chi connectivity index (χ0) is 11.5. The lowest BCUT2D eigenvalue weighted by atomic mass is 9.93. The average Bonchev–Trinajstić information content (AvgIpc) is 2.48. The highest BCUT2D eigenvalue weighted by molar-refractivity contribution is 5.78. The van der Waals surface area contributed by atoms with Gasteiger partial charge in [-0.3, -0.25) is 4.99 Å². The van der Waals surface area contributed by atoms with E-state index in [9.17, 15) is 0 Å². The summed E-state index contributed by atoms with van der Waals surface area (Å²) in [5.74, 6) is 1.13. The molecule has 1 aliphatic heterocycles. The van der Waals surface area contributed by atoms with Gasteiger partial charge < -0.3 is 15.8 Å². The summed E-state index contributed by atoms with van der Waals surface area (Å²) >= 11 is 0. The van der Waals surface area contributed by atoms with E-state index in [0.29, 0.717) is 30.1 Å². The summed E-state index contributed by atoms with van der Waals surface area (Å²) < 4.78 is 5.69. The Morgan fingerprint density at radius 2 is 2.19 bits per heavy atom. The standard InChI is InChI=1S/C12H23N3O/c1-8-6-10(9(2)16-8)7-14-12(13)15-11-4-3-5-11/h8-11H,3-7H2,1-2H3,(H3,13,14,15). The molecule has 16 heavy (non-hydrogen) atoms. The minimum atomic E-state index is 0.315. The number of hydrogen-bond acceptors (Lipinski definition) is 2. The predicted molar refractivity (Wildman–Crippen MR) is 65.4 cm³/mol. The maximum Gasteiger partial charge on any atom is 0.188 e. The highest BCUT2D eigenvalue weighted by atomic mass is 16.5. The molecule has 0 bridgehead atoms. The van der Waals surface area contributed by atoms with Crippen LogP contribution in [0.25, 0.3) is 0 Å². The van der Waals surface area contributed by atoms with Crippen LogP contribution >= 0.6 is 0 Å². The SMILES string of the molecule is CC1CC(CN=C(N)NC2CCC2)C(C)O1. The zero-order valence-electron chi connectivity index (χ0n) is 10.3. The van der Waals surface area contributed by atoms with Crippen molar-refractivity contribution in [1.29, 1.82) is 0 Å². The molecule has 2 aliphatic rings. The molecule has 2 rings (SSSR count). The van der Waals surface area contributed by atoms with Crippen molar-refractivity contribution in [1.82, 2.24) is 5.32 Å². The first-order chi connectivity index (χ1) is 7.65. The molecule has 1 aliphatic carbocycles. The maximum absolute atomic E-state index is 5.84. The molecular weight excluding hydrogens is 202 g/mol. The molecule has 1 heterocycles. The van der Waals surface area contributed by atoms with Crippen LogP contribution in [0.15, 0.2) is 4.99 Å². The second kappa shape index (κ2) is 5.04. The topological polar surface area (TPSA) is 59.6 Å². The van der Waals surface area contributed by atoms with Crippen LogP contribution in [0.3, 0.4) is 0 Å². The maximum atomic E-state index is 5.84. The summed E-state index contributed by atoms with van der Waals surface area (Å²) in [7, 11) is 0. The third kappa shape index (κ3) is 2.88. The summed E-state index contributed by atoms with van der Waals surface area (Å²) in [6.07, 6.45) is 5.57. The van der Waals surface area contributed by atoms with E-state index in [0.717, 1.165) is 13.0 Å². The van der Waals surface area contributed by atoms with E-state index in [1.54, 1.807) is 0 Å². The van der Waals surface area contributed by atoms with E-state index >= 15 is 0 Å². The van der Waals surface area contributed by atoms with Gasteiger partial charge in [0, 0.05) is 18.5 Å². The van der Waals surface area contributed by atoms with E-state index in [-0.39, 0.29) is 0 Å². The van der Waals surface area contributed by atoms with Crippen LogP contribution < -0.4 is 11.1 Å². The van der Waals surface area contributed by atoms with E-state index in [1.165, 1.54) is 19.3 Å². The van der Waals surface area contributed by atoms with Gasteiger partial charge in [-0.1, -0.05) is 0 Å². The van der Waals surface area contributed by atoms with Crippen molar-refractivity contribution < 1.29 is 4.74 Å². The first kappa shape index (κ1) is 11.7. The minimum Gasteiger partial charge on any atom is -0.375 e. The van der Waals surface area contributed by atoms with Crippen LogP contribution in [0.5, 0.6) is 0 Å². The second-order valence-electron chi connectivity index (χ2n) is 5.15. The fourth-order valence-electron chi connectivity index (χ4n) is 2.40. The van der Waals surface area contributed by atoms with Crippen molar-refractivity contribution in [3.63, 3.8) is 0 Å². The molecule has 1 saturated carbocycles. The monoisotopic (exact) mass is 225 g/mol. The van der Waals surface area contributed by atoms with Crippen molar-refractivity contribution in [2.75, 3.05) is 6.54 Å². The van der Waals surface area contributed by atoms with E-state index in [1.807, 2.05) is 0 Å². The summed E-state index contributed by atoms with van der Waals surface area (Å²) in [5.41, 5.74) is 5.84. The van der Waals surface area contributed by atoms with E-state index in [2.05, 4.69) is 24.2 Å². The highest BCUT2D eigenvalue weighted by Gasteiger charge is 2.29. The summed E-state index contributed by atoms with van der Waals surface area (Å²) in [5, 5.41) is 3.25. The van der Waals surface area contributed by atoms with Crippen LogP contribution in [0, 0.1) is 5.92 Å². The number of rotatable bonds is 3. The van der Waals surface area contributed by atoms with E-state index < -0.39 is 0 Å². The lowest BCUT2D eigenvalue weighted by molar-refractivity contribution is 0.0570. The Balaban J connectivity index is 1.74. The number of ether oxygens (including phenoxy) is 1. The molecule has 3 atom stereocenters. The van der Waals surface area contributed by atoms with Gasteiger partial charge in [-0.15, -0.1) is 0 Å². The molecule has 3 N–H and O–H groups in total. The van der Waals surface area contributed by atoms with Gasteiger partial charge in [0.15, 0.2) is 5.96 Å². The number of nitrogens with zero attached hydrogens (tertiary/aromatic N) is 1. The van der Waals surface area contributed by atoms with Crippen molar-refractivity contribution in [2.24, 2.45) is 16.6 Å². The van der Waals surface area contributed by atoms with Gasteiger partial charge in [0.05, 0.1) is 12.2 Å². The lowest BCUT2D eigenvalue weighted by Gasteiger charge is -2.26. The number of aliphatic imine (C=N–C) groups is 1. The van der Waals surface area contributed by atoms with Gasteiger partial charge in [0.2, 0.25) is 0 Å². The van der Waals surface area contributed by atoms with Crippen LogP contribution in [0.2, 0.25) is 0 Å². The molecule has 0 radical (unpaired) electrons. The normalized spacial score (nSPS) is 36.1. The zero-order valence-corrected chi connectivity index (χ0v) is 10.3. The molecule has 2 fully saturated rings. The molecule has 92 valence electrons. The number of nitrogens with one attached hydrogen (secondary N) is 1. The van der Waals surface area contributed by atoms with Gasteiger partial charge in [0.25, 0.3) is 0 Å². The van der Waals surface area contributed by atoms with Gasteiger partial charge in [0.1, 0.15) is 0 Å².